The van der Waals surface area contributed by atoms with E-state index < -0.39 is 5.97 Å². The van der Waals surface area contributed by atoms with Crippen molar-refractivity contribution >= 4 is 27.6 Å². The third-order valence-electron chi connectivity index (χ3n) is 1.03. The Morgan fingerprint density at radius 3 is 2.75 bits per heavy atom. The zero-order valence-corrected chi connectivity index (χ0v) is 10.3. The molecule has 12 heavy (non-hydrogen) atoms. The van der Waals surface area contributed by atoms with Crippen LogP contribution in [-0.4, -0.2) is 16.1 Å². The van der Waals surface area contributed by atoms with E-state index in [9.17, 15) is 4.79 Å². The Balaban J connectivity index is 0.00000121. The molecule has 6 heteroatoms. The van der Waals surface area contributed by atoms with Gasteiger partial charge >= 0.3 is 0 Å². The first kappa shape index (κ1) is 12.0. The SMILES string of the molecule is Nc1cc(Br)[c-]nc1C(=O)O.[Y]. The number of anilines is 1. The number of pyridine rings is 1. The van der Waals surface area contributed by atoms with E-state index in [4.69, 9.17) is 10.8 Å². The van der Waals surface area contributed by atoms with Gasteiger partial charge in [-0.3, -0.25) is 4.79 Å². The summed E-state index contributed by atoms with van der Waals surface area (Å²) in [6, 6.07) is 1.44. The van der Waals surface area contributed by atoms with Gasteiger partial charge in [0.2, 0.25) is 0 Å². The zero-order chi connectivity index (χ0) is 8.43. The van der Waals surface area contributed by atoms with Gasteiger partial charge in [0.25, 0.3) is 5.97 Å². The molecule has 1 aromatic rings. The van der Waals surface area contributed by atoms with Crippen LogP contribution in [-0.2, 0) is 32.7 Å². The standard InChI is InChI=1S/C6H4BrN2O2.Y/c7-3-1-4(8)5(6(10)11)9-2-3;/h1H,8H2,(H,10,11);/q-1;. The van der Waals surface area contributed by atoms with E-state index in [1.54, 1.807) is 0 Å². The predicted octanol–water partition coefficient (Wildman–Crippen LogP) is 0.922. The Bertz CT molecular complexity index is 306. The van der Waals surface area contributed by atoms with Crippen molar-refractivity contribution < 1.29 is 42.6 Å². The third kappa shape index (κ3) is 2.81. The molecule has 0 aliphatic heterocycles. The van der Waals surface area contributed by atoms with Crippen molar-refractivity contribution in [2.75, 3.05) is 5.73 Å². The molecule has 0 fully saturated rings. The van der Waals surface area contributed by atoms with Gasteiger partial charge in [0.05, 0.1) is 5.69 Å². The fourth-order valence-electron chi connectivity index (χ4n) is 0.582. The first-order valence-corrected chi connectivity index (χ1v) is 3.47. The van der Waals surface area contributed by atoms with E-state index in [-0.39, 0.29) is 44.1 Å². The number of aromatic carboxylic acids is 1. The Morgan fingerprint density at radius 1 is 1.75 bits per heavy atom. The van der Waals surface area contributed by atoms with Crippen molar-refractivity contribution in [1.29, 1.82) is 0 Å². The minimum atomic E-state index is -1.15. The normalized spacial score (nSPS) is 8.75. The summed E-state index contributed by atoms with van der Waals surface area (Å²) in [6.07, 6.45) is 2.43. The van der Waals surface area contributed by atoms with Gasteiger partial charge in [-0.1, -0.05) is 26.6 Å². The molecule has 1 radical (unpaired) electrons. The molecule has 4 nitrogen and oxygen atoms in total. The fourth-order valence-corrected chi connectivity index (χ4v) is 0.918. The van der Waals surface area contributed by atoms with Gasteiger partial charge < -0.3 is 15.8 Å². The molecule has 0 amide bonds. The monoisotopic (exact) mass is 304 g/mol. The van der Waals surface area contributed by atoms with Crippen LogP contribution >= 0.6 is 15.9 Å². The van der Waals surface area contributed by atoms with Crippen LogP contribution in [0.4, 0.5) is 5.69 Å². The summed E-state index contributed by atoms with van der Waals surface area (Å²) in [7, 11) is 0. The largest absolute Gasteiger partial charge is 0.486 e. The van der Waals surface area contributed by atoms with Gasteiger partial charge in [0, 0.05) is 32.7 Å². The zero-order valence-electron chi connectivity index (χ0n) is 5.91. The Labute approximate surface area is 103 Å². The third-order valence-corrected chi connectivity index (χ3v) is 1.44. The van der Waals surface area contributed by atoms with Crippen molar-refractivity contribution in [1.82, 2.24) is 4.98 Å². The van der Waals surface area contributed by atoms with E-state index in [0.29, 0.717) is 4.47 Å². The number of carboxylic acid groups (broad SMARTS) is 1. The molecule has 3 N–H and O–H groups in total. The van der Waals surface area contributed by atoms with Crippen LogP contribution in [0.1, 0.15) is 10.5 Å². The van der Waals surface area contributed by atoms with E-state index >= 15 is 0 Å². The van der Waals surface area contributed by atoms with Gasteiger partial charge in [0.15, 0.2) is 0 Å². The number of carbonyl (C=O) groups is 1. The van der Waals surface area contributed by atoms with Crippen LogP contribution < -0.4 is 5.73 Å². The van der Waals surface area contributed by atoms with Gasteiger partial charge in [0.1, 0.15) is 0 Å². The average molecular weight is 305 g/mol. The second kappa shape index (κ2) is 4.89. The minimum absolute atomic E-state index is 0. The number of rotatable bonds is 1. The summed E-state index contributed by atoms with van der Waals surface area (Å²) in [5.74, 6) is -1.15. The van der Waals surface area contributed by atoms with E-state index in [1.165, 1.54) is 6.07 Å². The van der Waals surface area contributed by atoms with Crippen LogP contribution in [0.15, 0.2) is 10.5 Å². The molecule has 1 heterocycles. The Hall–Kier alpha value is 0.00390. The molecule has 0 aromatic carbocycles. The number of hydrogen-bond acceptors (Lipinski definition) is 3. The molecule has 0 aliphatic rings. The molecule has 0 saturated heterocycles. The van der Waals surface area contributed by atoms with Crippen LogP contribution in [0.25, 0.3) is 0 Å². The topological polar surface area (TPSA) is 76.2 Å². The van der Waals surface area contributed by atoms with E-state index in [0.717, 1.165) is 0 Å². The Kier molecular flexibility index (Phi) is 4.89. The van der Waals surface area contributed by atoms with E-state index in [1.807, 2.05) is 0 Å². The smallest absolute Gasteiger partial charge is 0.298 e. The maximum absolute atomic E-state index is 10.4. The molecule has 0 bridgehead atoms. The molecule has 0 unspecified atom stereocenters. The van der Waals surface area contributed by atoms with Crippen molar-refractivity contribution in [2.24, 2.45) is 0 Å². The summed E-state index contributed by atoms with van der Waals surface area (Å²) in [5.41, 5.74) is 5.28. The van der Waals surface area contributed by atoms with Gasteiger partial charge in [-0.2, -0.15) is 0 Å². The summed E-state index contributed by atoms with van der Waals surface area (Å²) >= 11 is 3.05. The van der Waals surface area contributed by atoms with Crippen molar-refractivity contribution in [3.8, 4) is 0 Å². The number of nitrogen functional groups attached to an aromatic ring is 1. The minimum Gasteiger partial charge on any atom is -0.486 e. The number of hydrogen-bond donors (Lipinski definition) is 2. The first-order valence-electron chi connectivity index (χ1n) is 2.68. The van der Waals surface area contributed by atoms with E-state index in [2.05, 4.69) is 27.1 Å². The molecule has 0 atom stereocenters. The predicted molar refractivity (Wildman–Crippen MR) is 42.1 cm³/mol. The molecule has 1 aromatic heterocycles. The van der Waals surface area contributed by atoms with Crippen LogP contribution in [0.3, 0.4) is 0 Å². The second-order valence-electron chi connectivity index (χ2n) is 1.82. The van der Waals surface area contributed by atoms with Crippen LogP contribution in [0, 0.1) is 6.20 Å². The molecule has 1 rings (SSSR count). The first-order chi connectivity index (χ1) is 5.11. The van der Waals surface area contributed by atoms with Crippen LogP contribution in [0.5, 0.6) is 0 Å². The quantitative estimate of drug-likeness (QED) is 0.757. The number of halogens is 1. The molecule has 0 saturated carbocycles. The summed E-state index contributed by atoms with van der Waals surface area (Å²) in [6.45, 7) is 0. The molecule has 61 valence electrons. The molecular formula is C6H4BrN2O2Y-. The summed E-state index contributed by atoms with van der Waals surface area (Å²) < 4.78 is 0.542. The van der Waals surface area contributed by atoms with Crippen molar-refractivity contribution in [3.63, 3.8) is 0 Å². The molecule has 0 aliphatic carbocycles. The molecular weight excluding hydrogens is 301 g/mol. The van der Waals surface area contributed by atoms with Gasteiger partial charge in [-0.15, -0.1) is 6.07 Å². The fraction of sp³-hybridized carbons (Fsp3) is 0. The van der Waals surface area contributed by atoms with Crippen molar-refractivity contribution in [2.45, 2.75) is 0 Å². The summed E-state index contributed by atoms with van der Waals surface area (Å²) in [5, 5.41) is 8.48. The average Bonchev–Trinajstić information content (AvgIpc) is 1.85. The maximum Gasteiger partial charge on any atom is 0.298 e. The number of nitrogens with zero attached hydrogens (tertiary/aromatic N) is 1. The van der Waals surface area contributed by atoms with Gasteiger partial charge in [-0.05, 0) is 5.69 Å². The number of aromatic nitrogens is 1. The maximum atomic E-state index is 10.4. The second-order valence-corrected chi connectivity index (χ2v) is 2.68. The Morgan fingerprint density at radius 2 is 2.33 bits per heavy atom. The van der Waals surface area contributed by atoms with Crippen LogP contribution in [0.2, 0.25) is 0 Å². The number of carboxylic acids is 1. The number of nitrogens with two attached hydrogens (primary N) is 1. The molecule has 0 spiro atoms. The summed E-state index contributed by atoms with van der Waals surface area (Å²) in [4.78, 5) is 13.8. The van der Waals surface area contributed by atoms with Gasteiger partial charge in [-0.25, -0.2) is 0 Å². The van der Waals surface area contributed by atoms with Crippen molar-refractivity contribution in [3.05, 3.63) is 22.4 Å².